The average molecular weight is 200 g/mol. The van der Waals surface area contributed by atoms with Crippen molar-refractivity contribution >= 4 is 17.3 Å². The fourth-order valence-corrected chi connectivity index (χ4v) is 1.62. The van der Waals surface area contributed by atoms with Crippen molar-refractivity contribution in [3.05, 3.63) is 16.1 Å². The molecule has 13 heavy (non-hydrogen) atoms. The van der Waals surface area contributed by atoms with E-state index in [2.05, 4.69) is 15.0 Å². The first-order valence-corrected chi connectivity index (χ1v) is 4.83. The van der Waals surface area contributed by atoms with Gasteiger partial charge < -0.3 is 10.1 Å². The minimum Gasteiger partial charge on any atom is -0.464 e. The lowest BCUT2D eigenvalue weighted by atomic mass is 10.4. The van der Waals surface area contributed by atoms with E-state index in [-0.39, 0.29) is 5.97 Å². The van der Waals surface area contributed by atoms with E-state index in [1.807, 2.05) is 7.05 Å². The first kappa shape index (κ1) is 10.1. The number of rotatable bonds is 4. The molecule has 4 nitrogen and oxygen atoms in total. The molecular weight excluding hydrogens is 188 g/mol. The third kappa shape index (κ3) is 2.78. The zero-order chi connectivity index (χ0) is 9.68. The van der Waals surface area contributed by atoms with E-state index in [9.17, 15) is 4.79 Å². The molecule has 0 aliphatic rings. The van der Waals surface area contributed by atoms with Gasteiger partial charge in [-0.3, -0.25) is 0 Å². The zero-order valence-corrected chi connectivity index (χ0v) is 8.48. The Kier molecular flexibility index (Phi) is 3.85. The molecule has 1 heterocycles. The van der Waals surface area contributed by atoms with Crippen molar-refractivity contribution in [1.82, 2.24) is 10.3 Å². The van der Waals surface area contributed by atoms with Crippen LogP contribution in [-0.2, 0) is 11.2 Å². The van der Waals surface area contributed by atoms with Gasteiger partial charge in [-0.05, 0) is 7.05 Å². The Morgan fingerprint density at radius 2 is 2.54 bits per heavy atom. The van der Waals surface area contributed by atoms with Gasteiger partial charge >= 0.3 is 5.97 Å². The third-order valence-electron chi connectivity index (χ3n) is 1.54. The summed E-state index contributed by atoms with van der Waals surface area (Å²) in [6.07, 6.45) is 0.845. The van der Waals surface area contributed by atoms with Gasteiger partial charge in [0.05, 0.1) is 12.1 Å². The van der Waals surface area contributed by atoms with Gasteiger partial charge in [-0.15, -0.1) is 11.3 Å². The van der Waals surface area contributed by atoms with Crippen molar-refractivity contribution in [2.75, 3.05) is 20.7 Å². The van der Waals surface area contributed by atoms with Crippen LogP contribution in [0.5, 0.6) is 0 Å². The highest BCUT2D eigenvalue weighted by Gasteiger charge is 2.09. The van der Waals surface area contributed by atoms with Crippen LogP contribution < -0.4 is 5.32 Å². The van der Waals surface area contributed by atoms with E-state index in [1.165, 1.54) is 18.4 Å². The number of carbonyl (C=O) groups excluding carboxylic acids is 1. The van der Waals surface area contributed by atoms with Gasteiger partial charge in [0.2, 0.25) is 0 Å². The Morgan fingerprint density at radius 1 is 1.77 bits per heavy atom. The molecule has 0 saturated heterocycles. The van der Waals surface area contributed by atoms with Crippen LogP contribution in [0.1, 0.15) is 15.5 Å². The number of esters is 1. The number of thiazole rings is 1. The predicted octanol–water partition coefficient (Wildman–Crippen LogP) is 0.692. The van der Waals surface area contributed by atoms with E-state index >= 15 is 0 Å². The molecule has 1 aromatic rings. The molecule has 0 spiro atoms. The van der Waals surface area contributed by atoms with Crippen molar-refractivity contribution < 1.29 is 9.53 Å². The quantitative estimate of drug-likeness (QED) is 0.727. The fourth-order valence-electron chi connectivity index (χ4n) is 0.856. The number of hydrogen-bond donors (Lipinski definition) is 1. The molecule has 5 heteroatoms. The Bertz CT molecular complexity index is 285. The molecule has 0 fully saturated rings. The van der Waals surface area contributed by atoms with E-state index in [0.717, 1.165) is 18.0 Å². The maximum Gasteiger partial charge on any atom is 0.357 e. The van der Waals surface area contributed by atoms with Crippen LogP contribution in [0.3, 0.4) is 0 Å². The first-order valence-electron chi connectivity index (χ1n) is 3.95. The minimum absolute atomic E-state index is 0.369. The number of likely N-dealkylation sites (N-methyl/N-ethyl adjacent to an activating group) is 1. The normalized spacial score (nSPS) is 10.0. The van der Waals surface area contributed by atoms with Crippen molar-refractivity contribution in [1.29, 1.82) is 0 Å². The molecule has 0 radical (unpaired) electrons. The highest BCUT2D eigenvalue weighted by atomic mass is 32.1. The van der Waals surface area contributed by atoms with Crippen LogP contribution >= 0.6 is 11.3 Å². The fraction of sp³-hybridized carbons (Fsp3) is 0.500. The molecule has 0 amide bonds. The summed E-state index contributed by atoms with van der Waals surface area (Å²) in [7, 11) is 3.24. The van der Waals surface area contributed by atoms with E-state index in [4.69, 9.17) is 0 Å². The van der Waals surface area contributed by atoms with Crippen LogP contribution in [0.25, 0.3) is 0 Å². The summed E-state index contributed by atoms with van der Waals surface area (Å²) in [5, 5.41) is 5.69. The average Bonchev–Trinajstić information content (AvgIpc) is 2.62. The Hall–Kier alpha value is -0.940. The largest absolute Gasteiger partial charge is 0.464 e. The number of nitrogens with zero attached hydrogens (tertiary/aromatic N) is 1. The van der Waals surface area contributed by atoms with E-state index in [0.29, 0.717) is 5.69 Å². The second-order valence-electron chi connectivity index (χ2n) is 2.47. The highest BCUT2D eigenvalue weighted by Crippen LogP contribution is 2.10. The molecule has 1 N–H and O–H groups in total. The number of ether oxygens (including phenoxy) is 1. The topological polar surface area (TPSA) is 51.2 Å². The number of carbonyl (C=O) groups is 1. The van der Waals surface area contributed by atoms with Crippen molar-refractivity contribution in [3.8, 4) is 0 Å². The second-order valence-corrected chi connectivity index (χ2v) is 3.41. The summed E-state index contributed by atoms with van der Waals surface area (Å²) in [6.45, 7) is 0.869. The van der Waals surface area contributed by atoms with Crippen molar-refractivity contribution in [2.45, 2.75) is 6.42 Å². The summed E-state index contributed by atoms with van der Waals surface area (Å²) in [6, 6.07) is 0. The number of hydrogen-bond acceptors (Lipinski definition) is 5. The van der Waals surface area contributed by atoms with Gasteiger partial charge in [0.1, 0.15) is 0 Å². The maximum atomic E-state index is 11.0. The SMILES string of the molecule is CNCCc1nc(C(=O)OC)cs1. The molecule has 72 valence electrons. The molecule has 0 atom stereocenters. The molecule has 0 saturated carbocycles. The molecule has 0 bridgehead atoms. The Balaban J connectivity index is 2.58. The summed E-state index contributed by atoms with van der Waals surface area (Å²) in [5.74, 6) is -0.369. The molecular formula is C8H12N2O2S. The number of aromatic nitrogens is 1. The molecule has 0 unspecified atom stereocenters. The summed E-state index contributed by atoms with van der Waals surface area (Å²) >= 11 is 1.48. The first-order chi connectivity index (χ1) is 6.27. The summed E-state index contributed by atoms with van der Waals surface area (Å²) < 4.78 is 4.54. The monoisotopic (exact) mass is 200 g/mol. The molecule has 0 aromatic carbocycles. The zero-order valence-electron chi connectivity index (χ0n) is 7.66. The second kappa shape index (κ2) is 4.94. The van der Waals surface area contributed by atoms with Crippen LogP contribution in [0.4, 0.5) is 0 Å². The lowest BCUT2D eigenvalue weighted by Crippen LogP contribution is -2.10. The summed E-state index contributed by atoms with van der Waals surface area (Å²) in [5.41, 5.74) is 0.401. The molecule has 0 aliphatic carbocycles. The standard InChI is InChI=1S/C8H12N2O2S/c1-9-4-3-7-10-6(5-13-7)8(11)12-2/h5,9H,3-4H2,1-2H3. The molecule has 0 aliphatic heterocycles. The smallest absolute Gasteiger partial charge is 0.357 e. The Morgan fingerprint density at radius 3 is 3.15 bits per heavy atom. The maximum absolute atomic E-state index is 11.0. The van der Waals surface area contributed by atoms with E-state index in [1.54, 1.807) is 5.38 Å². The van der Waals surface area contributed by atoms with Crippen molar-refractivity contribution in [3.63, 3.8) is 0 Å². The van der Waals surface area contributed by atoms with Gasteiger partial charge in [-0.1, -0.05) is 0 Å². The lowest BCUT2D eigenvalue weighted by Gasteiger charge is -1.94. The summed E-state index contributed by atoms with van der Waals surface area (Å²) in [4.78, 5) is 15.1. The predicted molar refractivity (Wildman–Crippen MR) is 51.1 cm³/mol. The van der Waals surface area contributed by atoms with Gasteiger partial charge in [0, 0.05) is 18.3 Å². The van der Waals surface area contributed by atoms with Crippen LogP contribution in [0.2, 0.25) is 0 Å². The Labute approximate surface area is 80.9 Å². The van der Waals surface area contributed by atoms with Gasteiger partial charge in [-0.2, -0.15) is 0 Å². The highest BCUT2D eigenvalue weighted by molar-refractivity contribution is 7.09. The van der Waals surface area contributed by atoms with Gasteiger partial charge in [0.15, 0.2) is 5.69 Å². The van der Waals surface area contributed by atoms with Crippen molar-refractivity contribution in [2.24, 2.45) is 0 Å². The van der Waals surface area contributed by atoms with Crippen LogP contribution in [0, 0.1) is 0 Å². The number of methoxy groups -OCH3 is 1. The lowest BCUT2D eigenvalue weighted by molar-refractivity contribution is 0.0594. The van der Waals surface area contributed by atoms with Gasteiger partial charge in [-0.25, -0.2) is 9.78 Å². The third-order valence-corrected chi connectivity index (χ3v) is 2.44. The molecule has 1 rings (SSSR count). The van der Waals surface area contributed by atoms with Crippen LogP contribution in [-0.4, -0.2) is 31.7 Å². The number of nitrogens with one attached hydrogen (secondary N) is 1. The molecule has 1 aromatic heterocycles. The van der Waals surface area contributed by atoms with Gasteiger partial charge in [0.25, 0.3) is 0 Å². The van der Waals surface area contributed by atoms with E-state index < -0.39 is 0 Å². The minimum atomic E-state index is -0.369. The van der Waals surface area contributed by atoms with Crippen LogP contribution in [0.15, 0.2) is 5.38 Å².